The van der Waals surface area contributed by atoms with Crippen molar-refractivity contribution in [3.63, 3.8) is 0 Å². The second-order valence-electron chi connectivity index (χ2n) is 17.8. The minimum atomic E-state index is -10.7. The second kappa shape index (κ2) is 24.8. The number of amides is 2. The maximum atomic E-state index is 14.2. The van der Waals surface area contributed by atoms with Gasteiger partial charge in [0.1, 0.15) is 29.3 Å². The Morgan fingerprint density at radius 2 is 1.34 bits per heavy atom. The molecule has 388 valence electrons. The van der Waals surface area contributed by atoms with Crippen molar-refractivity contribution in [1.82, 2.24) is 10.6 Å². The van der Waals surface area contributed by atoms with Crippen LogP contribution in [0.2, 0.25) is 0 Å². The van der Waals surface area contributed by atoms with Crippen molar-refractivity contribution in [2.45, 2.75) is 90.6 Å². The summed E-state index contributed by atoms with van der Waals surface area (Å²) in [7, 11) is -9.63. The molecule has 5 N–H and O–H groups in total. The van der Waals surface area contributed by atoms with Gasteiger partial charge in [-0.3, -0.25) is 14.4 Å². The number of hydrogen-bond donors (Lipinski definition) is 4. The van der Waals surface area contributed by atoms with E-state index in [-0.39, 0.29) is 34.9 Å². The molecule has 3 aromatic rings. The fraction of sp³-hybridized carbons (Fsp3) is 0.385. The molecule has 5 rings (SSSR count). The monoisotopic (exact) mass is 1040 g/mol. The standard InChI is InChI=1S/C52H64N3O8P.F6P/c1-35-31-42-47(54-29-18-7-8-19-30-64(39-22-12-9-13-23-39,40-24-14-10-15-25-40)41-26-16-11-17-27-41)44(56)34-43(49(42)58)55-51(59)36(2)21-20-28-45(61-5)50(63-52(53)60)38(4)33-37(3)48(57)46(32-35)62-6;1-7(2,3,4,5)6/h9-17,20-28,33-35,37,45-46,48,50,57H,7-8,18-19,29-32H2,1-6H3,(H3-,53,54,55,56,58,59,60);/q;-1/p+1/b28-20+,36-21+,38-33+;/t35-,37+,45+,46+,48-,50+;/m1./s1. The number of rotatable bonds is 14. The summed E-state index contributed by atoms with van der Waals surface area (Å²) in [5.74, 6) is -2.09. The molecule has 1 aliphatic carbocycles. The van der Waals surface area contributed by atoms with Crippen LogP contribution >= 0.6 is 15.1 Å². The van der Waals surface area contributed by atoms with Gasteiger partial charge >= 0.3 is 39.1 Å². The molecular formula is C52H65F6N3O8P2. The Labute approximate surface area is 412 Å². The molecule has 1 aliphatic heterocycles. The van der Waals surface area contributed by atoms with Gasteiger partial charge in [0.15, 0.2) is 6.10 Å². The van der Waals surface area contributed by atoms with E-state index in [1.54, 1.807) is 32.1 Å². The fourth-order valence-electron chi connectivity index (χ4n) is 8.70. The van der Waals surface area contributed by atoms with Crippen LogP contribution in [0, 0.1) is 11.8 Å². The molecule has 71 heavy (non-hydrogen) atoms. The fourth-order valence-corrected chi connectivity index (χ4v) is 13.1. The molecule has 0 unspecified atom stereocenters. The first-order valence-corrected chi connectivity index (χ1v) is 27.2. The molecule has 0 saturated carbocycles. The first kappa shape index (κ1) is 58.1. The number of aliphatic hydroxyl groups is 1. The van der Waals surface area contributed by atoms with Gasteiger partial charge in [-0.1, -0.05) is 99.2 Å². The Morgan fingerprint density at radius 3 is 1.83 bits per heavy atom. The number of nitrogens with one attached hydrogen (secondary N) is 2. The maximum absolute atomic E-state index is 14.2. The first-order chi connectivity index (χ1) is 33.2. The van der Waals surface area contributed by atoms with E-state index >= 15 is 0 Å². The van der Waals surface area contributed by atoms with Gasteiger partial charge in [0.2, 0.25) is 11.6 Å². The van der Waals surface area contributed by atoms with Crippen LogP contribution in [0.5, 0.6) is 0 Å². The van der Waals surface area contributed by atoms with E-state index in [1.807, 2.05) is 13.8 Å². The summed E-state index contributed by atoms with van der Waals surface area (Å²) in [6.07, 6.45) is 8.61. The third-order valence-corrected chi connectivity index (χ3v) is 16.6. The number of unbranched alkanes of at least 4 members (excludes halogenated alkanes) is 3. The van der Waals surface area contributed by atoms with Crippen LogP contribution in [0.3, 0.4) is 0 Å². The van der Waals surface area contributed by atoms with Crippen molar-refractivity contribution in [2.75, 3.05) is 26.9 Å². The van der Waals surface area contributed by atoms with E-state index in [9.17, 15) is 49.5 Å². The van der Waals surface area contributed by atoms with E-state index in [0.717, 1.165) is 31.8 Å². The third-order valence-electron chi connectivity index (χ3n) is 12.1. The molecule has 0 fully saturated rings. The van der Waals surface area contributed by atoms with Crippen LogP contribution in [-0.2, 0) is 28.6 Å². The van der Waals surface area contributed by atoms with Crippen molar-refractivity contribution in [1.29, 1.82) is 0 Å². The number of aliphatic hydroxyl groups excluding tert-OH is 1. The molecule has 1 heterocycles. The average Bonchev–Trinajstić information content (AvgIpc) is 3.31. The number of carbonyl (C=O) groups excluding carboxylic acids is 4. The average molecular weight is 1040 g/mol. The molecule has 0 saturated heterocycles. The Balaban J connectivity index is 0.00000145. The quantitative estimate of drug-likeness (QED) is 0.0404. The van der Waals surface area contributed by atoms with Gasteiger partial charge in [-0.05, 0) is 93.8 Å². The zero-order chi connectivity index (χ0) is 52.6. The van der Waals surface area contributed by atoms with Gasteiger partial charge in [0.05, 0.1) is 29.8 Å². The number of hydrogen-bond acceptors (Lipinski definition) is 9. The predicted octanol–water partition coefficient (Wildman–Crippen LogP) is 10.3. The molecule has 0 spiro atoms. The Kier molecular flexibility index (Phi) is 20.3. The molecule has 3 aromatic carbocycles. The molecular weight excluding hydrogens is 971 g/mol. The van der Waals surface area contributed by atoms with Crippen molar-refractivity contribution in [3.05, 3.63) is 149 Å². The van der Waals surface area contributed by atoms with E-state index in [2.05, 4.69) is 102 Å². The van der Waals surface area contributed by atoms with Gasteiger partial charge in [-0.25, -0.2) is 4.79 Å². The number of benzene rings is 3. The predicted molar refractivity (Wildman–Crippen MR) is 270 cm³/mol. The van der Waals surface area contributed by atoms with Crippen molar-refractivity contribution in [3.8, 4) is 0 Å². The molecule has 2 aliphatic rings. The number of primary amides is 1. The molecule has 0 aromatic heterocycles. The van der Waals surface area contributed by atoms with Gasteiger partial charge in [0, 0.05) is 43.9 Å². The van der Waals surface area contributed by atoms with Crippen LogP contribution in [0.1, 0.15) is 66.2 Å². The van der Waals surface area contributed by atoms with E-state index < -0.39 is 69.0 Å². The number of methoxy groups -OCH3 is 2. The summed E-state index contributed by atoms with van der Waals surface area (Å²) >= 11 is 0. The van der Waals surface area contributed by atoms with Crippen molar-refractivity contribution in [2.24, 2.45) is 17.6 Å². The van der Waals surface area contributed by atoms with Gasteiger partial charge in [-0.2, -0.15) is 0 Å². The van der Waals surface area contributed by atoms with Crippen LogP contribution in [0.25, 0.3) is 0 Å². The van der Waals surface area contributed by atoms with Crippen LogP contribution in [0.4, 0.5) is 30.0 Å². The Bertz CT molecular complexity index is 2360. The van der Waals surface area contributed by atoms with Crippen LogP contribution < -0.4 is 32.3 Å². The van der Waals surface area contributed by atoms with Crippen molar-refractivity contribution < 1.29 is 63.7 Å². The molecule has 6 atom stereocenters. The first-order valence-electron chi connectivity index (χ1n) is 23.2. The molecule has 11 nitrogen and oxygen atoms in total. The van der Waals surface area contributed by atoms with E-state index in [0.29, 0.717) is 18.5 Å². The Morgan fingerprint density at radius 1 is 0.817 bits per heavy atom. The number of allylic oxidation sites excluding steroid dienone is 4. The number of nitrogens with two attached hydrogens (primary N) is 1. The van der Waals surface area contributed by atoms with Crippen LogP contribution in [-0.4, -0.2) is 80.0 Å². The number of Topliss-reactive ketones (excluding diaryl/α,β-unsaturated/α-hetero) is 1. The molecule has 2 amide bonds. The van der Waals surface area contributed by atoms with Crippen LogP contribution in [0.15, 0.2) is 149 Å². The summed E-state index contributed by atoms with van der Waals surface area (Å²) < 4.78 is 76.1. The number of fused-ring (bicyclic) bond motifs is 2. The summed E-state index contributed by atoms with van der Waals surface area (Å²) in [5, 5.41) is 21.6. The minimum absolute atomic E-state index is 0.110. The summed E-state index contributed by atoms with van der Waals surface area (Å²) in [4.78, 5) is 53.4. The van der Waals surface area contributed by atoms with Crippen molar-refractivity contribution >= 4 is 54.6 Å². The number of halogens is 6. The summed E-state index contributed by atoms with van der Waals surface area (Å²) in [5.41, 5.74) is 6.67. The third kappa shape index (κ3) is 18.3. The van der Waals surface area contributed by atoms with E-state index in [1.165, 1.54) is 42.3 Å². The number of ketones is 2. The molecule has 19 heteroatoms. The SMILES string of the molecule is CO[C@H]1/C=C/C=C(\C)C(=O)NC2=CC(=O)C(NCCCCCC[P+](c3ccccc3)(c3ccccc3)c3ccccc3)=C(C[C@@H](C)C[C@H](OC)[C@H](O)[C@@H](C)/C=C(\C)[C@@H]1OC(N)=O)C2=O.F[P-](F)(F)(F)(F)F. The van der Waals surface area contributed by atoms with Gasteiger partial charge < -0.3 is 35.7 Å². The topological polar surface area (TPSA) is 166 Å². The molecule has 2 bridgehead atoms. The second-order valence-corrected chi connectivity index (χ2v) is 23.3. The number of carbonyl (C=O) groups is 4. The number of ether oxygens (including phenoxy) is 3. The van der Waals surface area contributed by atoms with E-state index in [4.69, 9.17) is 19.9 Å². The Hall–Kier alpha value is -5.44. The van der Waals surface area contributed by atoms with Gasteiger partial charge in [0.25, 0.3) is 5.91 Å². The molecule has 0 radical (unpaired) electrons. The van der Waals surface area contributed by atoms with Gasteiger partial charge in [-0.15, -0.1) is 0 Å². The summed E-state index contributed by atoms with van der Waals surface area (Å²) in [6, 6.07) is 32.6. The zero-order valence-corrected chi connectivity index (χ0v) is 42.5. The normalized spacial score (nSPS) is 24.8. The zero-order valence-electron chi connectivity index (χ0n) is 40.7. The summed E-state index contributed by atoms with van der Waals surface area (Å²) in [6.45, 7) is 7.58.